The van der Waals surface area contributed by atoms with E-state index in [0.29, 0.717) is 15.8 Å². The molecule has 0 aliphatic carbocycles. The van der Waals surface area contributed by atoms with Crippen LogP contribution in [0, 0.1) is 0 Å². The zero-order valence-electron chi connectivity index (χ0n) is 18.5. The molecule has 0 spiro atoms. The van der Waals surface area contributed by atoms with E-state index in [4.69, 9.17) is 27.9 Å². The van der Waals surface area contributed by atoms with Gasteiger partial charge in [0, 0.05) is 49.1 Å². The van der Waals surface area contributed by atoms with Crippen LogP contribution in [0.5, 0.6) is 5.75 Å². The summed E-state index contributed by atoms with van der Waals surface area (Å²) in [5.74, 6) is 0.175. The fraction of sp³-hybridized carbons (Fsp3) is 0.269. The molecule has 3 aromatic rings. The lowest BCUT2D eigenvalue weighted by Crippen LogP contribution is -2.45. The molecule has 33 heavy (non-hydrogen) atoms. The van der Waals surface area contributed by atoms with Gasteiger partial charge in [0.15, 0.2) is 6.10 Å². The lowest BCUT2D eigenvalue weighted by Gasteiger charge is -2.36. The molecule has 1 fully saturated rings. The SMILES string of the molecule is CC(Oc1ccc(Cl)cc1Cl)C(=O)Nc1ccc(N2CCN(Cc3ccccc3)CC2)cc1. The van der Waals surface area contributed by atoms with Crippen molar-refractivity contribution in [3.05, 3.63) is 88.4 Å². The van der Waals surface area contributed by atoms with Crippen LogP contribution in [0.15, 0.2) is 72.8 Å². The molecule has 0 bridgehead atoms. The van der Waals surface area contributed by atoms with E-state index in [1.807, 2.05) is 24.3 Å². The molecule has 1 heterocycles. The van der Waals surface area contributed by atoms with Gasteiger partial charge >= 0.3 is 0 Å². The molecule has 0 aromatic heterocycles. The molecular weight excluding hydrogens is 457 g/mol. The summed E-state index contributed by atoms with van der Waals surface area (Å²) in [5, 5.41) is 3.78. The van der Waals surface area contributed by atoms with Crippen LogP contribution in [0.4, 0.5) is 11.4 Å². The van der Waals surface area contributed by atoms with Crippen LogP contribution in [0.1, 0.15) is 12.5 Å². The first kappa shape index (κ1) is 23.4. The second-order valence-electron chi connectivity index (χ2n) is 8.12. The van der Waals surface area contributed by atoms with Crippen molar-refractivity contribution in [2.75, 3.05) is 36.4 Å². The quantitative estimate of drug-likeness (QED) is 0.466. The van der Waals surface area contributed by atoms with Crippen molar-refractivity contribution in [2.45, 2.75) is 19.6 Å². The highest BCUT2D eigenvalue weighted by atomic mass is 35.5. The molecule has 0 radical (unpaired) electrons. The van der Waals surface area contributed by atoms with Gasteiger partial charge < -0.3 is 15.0 Å². The van der Waals surface area contributed by atoms with Gasteiger partial charge in [-0.15, -0.1) is 0 Å². The predicted molar refractivity (Wildman–Crippen MR) is 136 cm³/mol. The third kappa shape index (κ3) is 6.41. The van der Waals surface area contributed by atoms with E-state index in [-0.39, 0.29) is 5.91 Å². The Balaban J connectivity index is 1.27. The predicted octanol–water partition coefficient (Wildman–Crippen LogP) is 5.72. The van der Waals surface area contributed by atoms with Gasteiger partial charge in [-0.25, -0.2) is 0 Å². The van der Waals surface area contributed by atoms with Crippen LogP contribution in [-0.4, -0.2) is 43.1 Å². The number of carbonyl (C=O) groups excluding carboxylic acids is 1. The maximum absolute atomic E-state index is 12.5. The van der Waals surface area contributed by atoms with Crippen LogP contribution in [-0.2, 0) is 11.3 Å². The number of nitrogens with one attached hydrogen (secondary N) is 1. The summed E-state index contributed by atoms with van der Waals surface area (Å²) in [7, 11) is 0. The van der Waals surface area contributed by atoms with Gasteiger partial charge in [-0.05, 0) is 55.0 Å². The Morgan fingerprint density at radius 2 is 1.67 bits per heavy atom. The normalized spacial score (nSPS) is 15.2. The molecule has 1 amide bonds. The molecular formula is C26H27Cl2N3O2. The average molecular weight is 484 g/mol. The maximum Gasteiger partial charge on any atom is 0.265 e. The Morgan fingerprint density at radius 3 is 2.33 bits per heavy atom. The van der Waals surface area contributed by atoms with Crippen molar-refractivity contribution in [2.24, 2.45) is 0 Å². The number of rotatable bonds is 7. The Morgan fingerprint density at radius 1 is 0.970 bits per heavy atom. The van der Waals surface area contributed by atoms with Gasteiger partial charge in [-0.3, -0.25) is 9.69 Å². The fourth-order valence-corrected chi connectivity index (χ4v) is 4.27. The summed E-state index contributed by atoms with van der Waals surface area (Å²) in [6.07, 6.45) is -0.707. The van der Waals surface area contributed by atoms with E-state index in [1.165, 1.54) is 5.56 Å². The van der Waals surface area contributed by atoms with E-state index in [2.05, 4.69) is 45.4 Å². The van der Waals surface area contributed by atoms with Gasteiger partial charge in [-0.1, -0.05) is 53.5 Å². The maximum atomic E-state index is 12.5. The Kier molecular flexibility index (Phi) is 7.76. The lowest BCUT2D eigenvalue weighted by atomic mass is 10.2. The number of halogens is 2. The number of carbonyl (C=O) groups is 1. The van der Waals surface area contributed by atoms with Gasteiger partial charge in [-0.2, -0.15) is 0 Å². The molecule has 0 saturated carbocycles. The Labute approximate surface area is 204 Å². The summed E-state index contributed by atoms with van der Waals surface area (Å²) >= 11 is 12.0. The first-order valence-electron chi connectivity index (χ1n) is 11.0. The summed E-state index contributed by atoms with van der Waals surface area (Å²) in [5.41, 5.74) is 3.23. The molecule has 1 atom stereocenters. The molecule has 5 nitrogen and oxygen atoms in total. The highest BCUT2D eigenvalue weighted by Gasteiger charge is 2.19. The molecule has 3 aromatic carbocycles. The number of amides is 1. The zero-order valence-corrected chi connectivity index (χ0v) is 20.0. The molecule has 1 unspecified atom stereocenters. The standard InChI is InChI=1S/C26H27Cl2N3O2/c1-19(33-25-12-7-21(27)17-24(25)28)26(32)29-22-8-10-23(11-9-22)31-15-13-30(14-16-31)18-20-5-3-2-4-6-20/h2-12,17,19H,13-16,18H2,1H3,(H,29,32). The Bertz CT molecular complexity index is 1070. The van der Waals surface area contributed by atoms with Crippen molar-refractivity contribution < 1.29 is 9.53 Å². The monoisotopic (exact) mass is 483 g/mol. The topological polar surface area (TPSA) is 44.8 Å². The number of ether oxygens (including phenoxy) is 1. The smallest absolute Gasteiger partial charge is 0.265 e. The Hall–Kier alpha value is -2.73. The van der Waals surface area contributed by atoms with E-state index >= 15 is 0 Å². The van der Waals surface area contributed by atoms with E-state index in [1.54, 1.807) is 25.1 Å². The van der Waals surface area contributed by atoms with Crippen molar-refractivity contribution in [1.29, 1.82) is 0 Å². The zero-order chi connectivity index (χ0) is 23.2. The minimum absolute atomic E-state index is 0.247. The van der Waals surface area contributed by atoms with Crippen LogP contribution in [0.3, 0.4) is 0 Å². The lowest BCUT2D eigenvalue weighted by molar-refractivity contribution is -0.122. The van der Waals surface area contributed by atoms with Crippen molar-refractivity contribution in [1.82, 2.24) is 4.90 Å². The molecule has 4 rings (SSSR count). The highest BCUT2D eigenvalue weighted by Crippen LogP contribution is 2.28. The van der Waals surface area contributed by atoms with Gasteiger partial charge in [0.2, 0.25) is 0 Å². The van der Waals surface area contributed by atoms with E-state index in [9.17, 15) is 4.79 Å². The van der Waals surface area contributed by atoms with E-state index in [0.717, 1.165) is 44.1 Å². The van der Waals surface area contributed by atoms with Crippen LogP contribution >= 0.6 is 23.2 Å². The van der Waals surface area contributed by atoms with Crippen LogP contribution in [0.2, 0.25) is 10.0 Å². The number of piperazine rings is 1. The van der Waals surface area contributed by atoms with Gasteiger partial charge in [0.25, 0.3) is 5.91 Å². The summed E-state index contributed by atoms with van der Waals surface area (Å²) in [6.45, 7) is 6.67. The second-order valence-corrected chi connectivity index (χ2v) is 8.96. The number of hydrogen-bond donors (Lipinski definition) is 1. The van der Waals surface area contributed by atoms with Crippen molar-refractivity contribution in [3.63, 3.8) is 0 Å². The molecule has 1 N–H and O–H groups in total. The van der Waals surface area contributed by atoms with Crippen LogP contribution < -0.4 is 15.0 Å². The number of nitrogens with zero attached hydrogens (tertiary/aromatic N) is 2. The average Bonchev–Trinajstić information content (AvgIpc) is 2.82. The fourth-order valence-electron chi connectivity index (χ4n) is 3.82. The summed E-state index contributed by atoms with van der Waals surface area (Å²) in [6, 6.07) is 23.4. The molecule has 1 aliphatic rings. The van der Waals surface area contributed by atoms with Crippen LogP contribution in [0.25, 0.3) is 0 Å². The van der Waals surface area contributed by atoms with Crippen molar-refractivity contribution in [3.8, 4) is 5.75 Å². The number of hydrogen-bond acceptors (Lipinski definition) is 4. The van der Waals surface area contributed by atoms with Crippen molar-refractivity contribution >= 4 is 40.5 Å². The van der Waals surface area contributed by atoms with Gasteiger partial charge in [0.05, 0.1) is 5.02 Å². The molecule has 1 aliphatic heterocycles. The minimum atomic E-state index is -0.707. The third-order valence-corrected chi connectivity index (χ3v) is 6.22. The molecule has 172 valence electrons. The molecule has 7 heteroatoms. The number of benzene rings is 3. The minimum Gasteiger partial charge on any atom is -0.479 e. The third-order valence-electron chi connectivity index (χ3n) is 5.69. The first-order chi connectivity index (χ1) is 16.0. The number of anilines is 2. The first-order valence-corrected chi connectivity index (χ1v) is 11.8. The highest BCUT2D eigenvalue weighted by molar-refractivity contribution is 6.35. The largest absolute Gasteiger partial charge is 0.479 e. The summed E-state index contributed by atoms with van der Waals surface area (Å²) < 4.78 is 5.69. The summed E-state index contributed by atoms with van der Waals surface area (Å²) in [4.78, 5) is 17.4. The second kappa shape index (κ2) is 10.9. The van der Waals surface area contributed by atoms with E-state index < -0.39 is 6.10 Å². The van der Waals surface area contributed by atoms with Gasteiger partial charge in [0.1, 0.15) is 5.75 Å². The molecule has 1 saturated heterocycles.